The average molecular weight is 430 g/mol. The standard InChI is InChI=1S/C17H24ClN5O4S/c1-4-7-28-16-19-14(18)11-15(20-16)23(22-21-11)9-8-10(25-6-5-24)13-12(9)26-17(2,3)27-13/h9-10,12-13,24H,4-8H2,1-3H3/t9-,10-,12+,13-/m1/s1. The van der Waals surface area contributed by atoms with Crippen molar-refractivity contribution in [2.45, 2.75) is 68.9 Å². The molecule has 1 aliphatic heterocycles. The van der Waals surface area contributed by atoms with Crippen molar-refractivity contribution in [3.05, 3.63) is 5.15 Å². The van der Waals surface area contributed by atoms with Crippen molar-refractivity contribution in [1.29, 1.82) is 0 Å². The van der Waals surface area contributed by atoms with E-state index in [0.717, 1.165) is 12.2 Å². The van der Waals surface area contributed by atoms with Crippen molar-refractivity contribution in [2.24, 2.45) is 0 Å². The maximum absolute atomic E-state index is 9.13. The summed E-state index contributed by atoms with van der Waals surface area (Å²) in [4.78, 5) is 8.96. The highest BCUT2D eigenvalue weighted by Crippen LogP contribution is 2.45. The van der Waals surface area contributed by atoms with Gasteiger partial charge in [-0.2, -0.15) is 0 Å². The lowest BCUT2D eigenvalue weighted by atomic mass is 10.2. The number of ether oxygens (including phenoxy) is 3. The molecule has 11 heteroatoms. The van der Waals surface area contributed by atoms with E-state index in [1.165, 1.54) is 0 Å². The lowest BCUT2D eigenvalue weighted by molar-refractivity contribution is -0.171. The van der Waals surface area contributed by atoms with Crippen LogP contribution in [0.3, 0.4) is 0 Å². The zero-order chi connectivity index (χ0) is 19.9. The first-order chi connectivity index (χ1) is 13.4. The molecule has 0 radical (unpaired) electrons. The topological polar surface area (TPSA) is 104 Å². The van der Waals surface area contributed by atoms with Gasteiger partial charge in [0, 0.05) is 12.2 Å². The summed E-state index contributed by atoms with van der Waals surface area (Å²) < 4.78 is 19.8. The molecule has 9 nitrogen and oxygen atoms in total. The van der Waals surface area contributed by atoms with Gasteiger partial charge in [-0.3, -0.25) is 0 Å². The van der Waals surface area contributed by atoms with Crippen molar-refractivity contribution in [2.75, 3.05) is 19.0 Å². The van der Waals surface area contributed by atoms with Gasteiger partial charge >= 0.3 is 0 Å². The van der Waals surface area contributed by atoms with Gasteiger partial charge in [-0.25, -0.2) is 14.6 Å². The summed E-state index contributed by atoms with van der Waals surface area (Å²) in [5.41, 5.74) is 1.05. The van der Waals surface area contributed by atoms with E-state index in [0.29, 0.717) is 27.9 Å². The second-order valence-electron chi connectivity index (χ2n) is 7.35. The molecule has 1 saturated carbocycles. The molecule has 4 atom stereocenters. The van der Waals surface area contributed by atoms with Crippen LogP contribution in [-0.4, -0.2) is 73.1 Å². The SMILES string of the molecule is CCCSc1nc(Cl)c2nnn([C@@H]3C[C@@H](OCCO)[C@H]4OC(C)(C)O[C@H]43)c2n1. The third-order valence-corrected chi connectivity index (χ3v) is 6.13. The van der Waals surface area contributed by atoms with Gasteiger partial charge in [0.15, 0.2) is 27.3 Å². The second-order valence-corrected chi connectivity index (χ2v) is 8.77. The predicted octanol–water partition coefficient (Wildman–Crippen LogP) is 2.22. The molecular weight excluding hydrogens is 406 g/mol. The summed E-state index contributed by atoms with van der Waals surface area (Å²) in [5, 5.41) is 18.5. The number of thioether (sulfide) groups is 1. The third-order valence-electron chi connectivity index (χ3n) is 4.82. The number of aliphatic hydroxyl groups is 1. The molecule has 0 spiro atoms. The van der Waals surface area contributed by atoms with Gasteiger partial charge in [0.25, 0.3) is 0 Å². The van der Waals surface area contributed by atoms with Crippen LogP contribution in [0.1, 0.15) is 39.7 Å². The van der Waals surface area contributed by atoms with Gasteiger partial charge in [-0.15, -0.1) is 5.10 Å². The van der Waals surface area contributed by atoms with Crippen molar-refractivity contribution in [1.82, 2.24) is 25.0 Å². The maximum Gasteiger partial charge on any atom is 0.191 e. The van der Waals surface area contributed by atoms with Crippen LogP contribution in [0, 0.1) is 0 Å². The fourth-order valence-corrected chi connectivity index (χ4v) is 4.72. The molecule has 4 rings (SSSR count). The Labute approximate surface area is 172 Å². The Kier molecular flexibility index (Phi) is 5.78. The Balaban J connectivity index is 1.69. The third kappa shape index (κ3) is 3.73. The number of aliphatic hydroxyl groups excluding tert-OH is 1. The van der Waals surface area contributed by atoms with Crippen LogP contribution >= 0.6 is 23.4 Å². The fraction of sp³-hybridized carbons (Fsp3) is 0.765. The van der Waals surface area contributed by atoms with Gasteiger partial charge in [-0.05, 0) is 20.3 Å². The normalized spacial score (nSPS) is 28.9. The first-order valence-electron chi connectivity index (χ1n) is 9.43. The highest BCUT2D eigenvalue weighted by atomic mass is 35.5. The summed E-state index contributed by atoms with van der Waals surface area (Å²) in [6, 6.07) is -0.171. The van der Waals surface area contributed by atoms with Crippen molar-refractivity contribution >= 4 is 34.5 Å². The largest absolute Gasteiger partial charge is 0.394 e. The van der Waals surface area contributed by atoms with E-state index in [2.05, 4.69) is 27.2 Å². The lowest BCUT2D eigenvalue weighted by Crippen LogP contribution is -2.31. The first-order valence-corrected chi connectivity index (χ1v) is 10.8. The van der Waals surface area contributed by atoms with Crippen molar-refractivity contribution in [3.63, 3.8) is 0 Å². The number of aromatic nitrogens is 5. The van der Waals surface area contributed by atoms with E-state index < -0.39 is 5.79 Å². The highest BCUT2D eigenvalue weighted by molar-refractivity contribution is 7.99. The Morgan fingerprint density at radius 2 is 2.11 bits per heavy atom. The minimum Gasteiger partial charge on any atom is -0.394 e. The predicted molar refractivity (Wildman–Crippen MR) is 103 cm³/mol. The Morgan fingerprint density at radius 1 is 1.32 bits per heavy atom. The Bertz CT molecular complexity index is 850. The van der Waals surface area contributed by atoms with Crippen LogP contribution in [0.4, 0.5) is 0 Å². The molecule has 2 aromatic rings. The number of nitrogens with zero attached hydrogens (tertiary/aromatic N) is 5. The summed E-state index contributed by atoms with van der Waals surface area (Å²) in [6.45, 7) is 6.06. The van der Waals surface area contributed by atoms with Crippen LogP contribution in [0.15, 0.2) is 5.16 Å². The molecule has 0 amide bonds. The van der Waals surface area contributed by atoms with Crippen molar-refractivity contribution in [3.8, 4) is 0 Å². The van der Waals surface area contributed by atoms with Gasteiger partial charge < -0.3 is 19.3 Å². The summed E-state index contributed by atoms with van der Waals surface area (Å²) >= 11 is 7.88. The number of halogens is 1. The molecule has 1 aliphatic carbocycles. The van der Waals surface area contributed by atoms with E-state index in [4.69, 9.17) is 30.9 Å². The highest BCUT2D eigenvalue weighted by Gasteiger charge is 2.56. The summed E-state index contributed by atoms with van der Waals surface area (Å²) in [6.07, 6.45) is 0.899. The molecule has 1 N–H and O–H groups in total. The molecule has 2 aliphatic rings. The molecule has 3 heterocycles. The lowest BCUT2D eigenvalue weighted by Gasteiger charge is -2.23. The number of hydrogen-bond donors (Lipinski definition) is 1. The van der Waals surface area contributed by atoms with Crippen LogP contribution in [0.25, 0.3) is 11.2 Å². The molecule has 1 saturated heterocycles. The molecule has 2 aromatic heterocycles. The molecule has 154 valence electrons. The number of hydrogen-bond acceptors (Lipinski definition) is 9. The van der Waals surface area contributed by atoms with E-state index in [1.54, 1.807) is 16.4 Å². The van der Waals surface area contributed by atoms with E-state index >= 15 is 0 Å². The smallest absolute Gasteiger partial charge is 0.191 e. The summed E-state index contributed by atoms with van der Waals surface area (Å²) in [5.74, 6) is 0.180. The number of fused-ring (bicyclic) bond motifs is 2. The van der Waals surface area contributed by atoms with Crippen LogP contribution in [0.5, 0.6) is 0 Å². The molecular formula is C17H24ClN5O4S. The van der Waals surface area contributed by atoms with Gasteiger partial charge in [0.2, 0.25) is 0 Å². The van der Waals surface area contributed by atoms with Crippen LogP contribution in [0.2, 0.25) is 5.15 Å². The zero-order valence-corrected chi connectivity index (χ0v) is 17.6. The van der Waals surface area contributed by atoms with E-state index in [9.17, 15) is 0 Å². The molecule has 0 unspecified atom stereocenters. The van der Waals surface area contributed by atoms with Crippen LogP contribution in [-0.2, 0) is 14.2 Å². The van der Waals surface area contributed by atoms with E-state index in [-0.39, 0.29) is 37.6 Å². The van der Waals surface area contributed by atoms with Crippen molar-refractivity contribution < 1.29 is 19.3 Å². The molecule has 0 aromatic carbocycles. The van der Waals surface area contributed by atoms with Gasteiger partial charge in [0.05, 0.1) is 25.4 Å². The molecule has 0 bridgehead atoms. The Hall–Kier alpha value is -1.04. The average Bonchev–Trinajstić information content (AvgIpc) is 3.29. The minimum atomic E-state index is -0.722. The van der Waals surface area contributed by atoms with E-state index in [1.807, 2.05) is 13.8 Å². The zero-order valence-electron chi connectivity index (χ0n) is 16.0. The number of rotatable bonds is 7. The summed E-state index contributed by atoms with van der Waals surface area (Å²) in [7, 11) is 0. The molecule has 2 fully saturated rings. The van der Waals surface area contributed by atoms with Crippen LogP contribution < -0.4 is 0 Å². The molecule has 28 heavy (non-hydrogen) atoms. The Morgan fingerprint density at radius 3 is 2.86 bits per heavy atom. The quantitative estimate of drug-likeness (QED) is 0.403. The maximum atomic E-state index is 9.13. The minimum absolute atomic E-state index is 0.0457. The first kappa shape index (κ1) is 20.2. The van der Waals surface area contributed by atoms with Gasteiger partial charge in [0.1, 0.15) is 12.2 Å². The monoisotopic (exact) mass is 429 g/mol. The van der Waals surface area contributed by atoms with Gasteiger partial charge in [-0.1, -0.05) is 35.5 Å². The second kappa shape index (κ2) is 8.00. The fourth-order valence-electron chi connectivity index (χ4n) is 3.77.